The highest BCUT2D eigenvalue weighted by Gasteiger charge is 2.30. The molecule has 6 nitrogen and oxygen atoms in total. The van der Waals surface area contributed by atoms with Crippen LogP contribution in [0.15, 0.2) is 23.1 Å². The molecule has 128 valence electrons. The van der Waals surface area contributed by atoms with Crippen LogP contribution < -0.4 is 10.5 Å². The van der Waals surface area contributed by atoms with Gasteiger partial charge in [-0.2, -0.15) is 0 Å². The topological polar surface area (TPSA) is 98.5 Å². The summed E-state index contributed by atoms with van der Waals surface area (Å²) in [5.74, 6) is -0.121. The predicted molar refractivity (Wildman–Crippen MR) is 87.2 cm³/mol. The third kappa shape index (κ3) is 4.53. The van der Waals surface area contributed by atoms with Gasteiger partial charge in [-0.15, -0.1) is 0 Å². The Bertz CT molecular complexity index is 673. The highest BCUT2D eigenvalue weighted by molar-refractivity contribution is 7.89. The van der Waals surface area contributed by atoms with E-state index in [-0.39, 0.29) is 22.8 Å². The van der Waals surface area contributed by atoms with Gasteiger partial charge in [-0.1, -0.05) is 13.0 Å². The number of nitrogens with two attached hydrogens (primary N) is 1. The van der Waals surface area contributed by atoms with Crippen LogP contribution in [0.1, 0.15) is 37.3 Å². The van der Waals surface area contributed by atoms with E-state index in [1.807, 2.05) is 6.92 Å². The lowest BCUT2D eigenvalue weighted by molar-refractivity contribution is -0.134. The molecule has 0 aliphatic carbocycles. The van der Waals surface area contributed by atoms with Crippen molar-refractivity contribution in [2.24, 2.45) is 11.1 Å². The van der Waals surface area contributed by atoms with E-state index in [2.05, 4.69) is 5.32 Å². The van der Waals surface area contributed by atoms with Crippen molar-refractivity contribution in [1.82, 2.24) is 5.32 Å². The zero-order valence-electron chi connectivity index (χ0n) is 13.5. The van der Waals surface area contributed by atoms with E-state index in [4.69, 9.17) is 9.88 Å². The summed E-state index contributed by atoms with van der Waals surface area (Å²) in [4.78, 5) is 12.5. The fraction of sp³-hybridized carbons (Fsp3) is 0.562. The summed E-state index contributed by atoms with van der Waals surface area (Å²) in [6.07, 6.45) is 2.54. The lowest BCUT2D eigenvalue weighted by Gasteiger charge is -2.30. The summed E-state index contributed by atoms with van der Waals surface area (Å²) in [5.41, 5.74) is 1.65. The molecule has 1 fully saturated rings. The van der Waals surface area contributed by atoms with Crippen molar-refractivity contribution >= 4 is 15.9 Å². The lowest BCUT2D eigenvalue weighted by Crippen LogP contribution is -2.41. The zero-order valence-corrected chi connectivity index (χ0v) is 14.4. The number of hydrogen-bond donors (Lipinski definition) is 2. The minimum absolute atomic E-state index is 0.00790. The third-order valence-electron chi connectivity index (χ3n) is 4.27. The van der Waals surface area contributed by atoms with Crippen molar-refractivity contribution in [2.75, 3.05) is 6.61 Å². The molecule has 2 unspecified atom stereocenters. The fourth-order valence-electron chi connectivity index (χ4n) is 2.90. The van der Waals surface area contributed by atoms with Gasteiger partial charge in [0, 0.05) is 13.2 Å². The number of hydrogen-bond acceptors (Lipinski definition) is 4. The first kappa shape index (κ1) is 17.9. The molecule has 2 rings (SSSR count). The van der Waals surface area contributed by atoms with Crippen LogP contribution in [0.4, 0.5) is 0 Å². The molecular weight excluding hydrogens is 316 g/mol. The van der Waals surface area contributed by atoms with E-state index in [0.29, 0.717) is 6.54 Å². The summed E-state index contributed by atoms with van der Waals surface area (Å²) in [5, 5.41) is 8.05. The molecule has 1 aliphatic rings. The van der Waals surface area contributed by atoms with E-state index in [1.165, 1.54) is 12.1 Å². The van der Waals surface area contributed by atoms with Crippen molar-refractivity contribution in [3.05, 3.63) is 29.3 Å². The van der Waals surface area contributed by atoms with Gasteiger partial charge in [0.2, 0.25) is 15.9 Å². The Morgan fingerprint density at radius 1 is 1.43 bits per heavy atom. The molecule has 3 N–H and O–H groups in total. The van der Waals surface area contributed by atoms with Crippen molar-refractivity contribution in [3.63, 3.8) is 0 Å². The number of carbonyl (C=O) groups is 1. The second kappa shape index (κ2) is 7.42. The number of nitrogens with one attached hydrogen (secondary N) is 1. The Morgan fingerprint density at radius 3 is 2.78 bits per heavy atom. The number of rotatable bonds is 5. The predicted octanol–water partition coefficient (Wildman–Crippen LogP) is 1.46. The molecule has 23 heavy (non-hydrogen) atoms. The average Bonchev–Trinajstić information content (AvgIpc) is 2.52. The van der Waals surface area contributed by atoms with Crippen LogP contribution in [0.25, 0.3) is 0 Å². The number of ether oxygens (including phenoxy) is 1. The van der Waals surface area contributed by atoms with Crippen LogP contribution >= 0.6 is 0 Å². The van der Waals surface area contributed by atoms with Gasteiger partial charge in [-0.25, -0.2) is 13.6 Å². The van der Waals surface area contributed by atoms with Crippen molar-refractivity contribution < 1.29 is 17.9 Å². The Labute approximate surface area is 137 Å². The summed E-state index contributed by atoms with van der Waals surface area (Å²) in [6.45, 7) is 4.90. The molecule has 1 aromatic rings. The highest BCUT2D eigenvalue weighted by atomic mass is 32.2. The van der Waals surface area contributed by atoms with Gasteiger partial charge >= 0.3 is 0 Å². The second-order valence-electron chi connectivity index (χ2n) is 5.92. The minimum Gasteiger partial charge on any atom is -0.377 e. The maximum Gasteiger partial charge on any atom is 0.238 e. The van der Waals surface area contributed by atoms with Gasteiger partial charge in [-0.05, 0) is 49.4 Å². The Morgan fingerprint density at radius 2 is 2.17 bits per heavy atom. The molecule has 0 saturated carbocycles. The molecule has 1 heterocycles. The Kier molecular flexibility index (Phi) is 5.78. The number of carbonyl (C=O) groups excluding carboxylic acids is 1. The normalized spacial score (nSPS) is 21.9. The highest BCUT2D eigenvalue weighted by Crippen LogP contribution is 2.23. The molecule has 2 atom stereocenters. The zero-order chi connectivity index (χ0) is 17.0. The van der Waals surface area contributed by atoms with Crippen LogP contribution in [-0.2, 0) is 26.1 Å². The van der Waals surface area contributed by atoms with Crippen molar-refractivity contribution in [1.29, 1.82) is 0 Å². The minimum atomic E-state index is -3.71. The summed E-state index contributed by atoms with van der Waals surface area (Å²) in [6, 6.07) is 4.67. The quantitative estimate of drug-likeness (QED) is 0.848. The van der Waals surface area contributed by atoms with E-state index in [0.717, 1.165) is 37.0 Å². The van der Waals surface area contributed by atoms with E-state index < -0.39 is 10.0 Å². The molecule has 1 aliphatic heterocycles. The monoisotopic (exact) mass is 340 g/mol. The van der Waals surface area contributed by atoms with E-state index in [9.17, 15) is 13.2 Å². The van der Waals surface area contributed by atoms with Gasteiger partial charge < -0.3 is 10.1 Å². The van der Waals surface area contributed by atoms with E-state index in [1.54, 1.807) is 13.0 Å². The van der Waals surface area contributed by atoms with Crippen LogP contribution in [0, 0.1) is 12.8 Å². The Balaban J connectivity index is 2.01. The van der Waals surface area contributed by atoms with Gasteiger partial charge in [0.15, 0.2) is 0 Å². The summed E-state index contributed by atoms with van der Waals surface area (Å²) in [7, 11) is -3.71. The standard InChI is InChI=1S/C16H24N2O4S/c1-3-15-14(5-4-8-22-15)16(19)18-10-12-6-7-13(9-11(12)2)23(17,20)21/h6-7,9,14-15H,3-5,8,10H2,1-2H3,(H,18,19)(H2,17,20,21). The Hall–Kier alpha value is -1.44. The molecule has 0 spiro atoms. The van der Waals surface area contributed by atoms with Crippen LogP contribution in [0.3, 0.4) is 0 Å². The first-order valence-electron chi connectivity index (χ1n) is 7.84. The largest absolute Gasteiger partial charge is 0.377 e. The third-order valence-corrected chi connectivity index (χ3v) is 5.19. The molecular formula is C16H24N2O4S. The first-order chi connectivity index (χ1) is 10.8. The second-order valence-corrected chi connectivity index (χ2v) is 7.48. The molecule has 1 saturated heterocycles. The van der Waals surface area contributed by atoms with Crippen molar-refractivity contribution in [3.8, 4) is 0 Å². The average molecular weight is 340 g/mol. The van der Waals surface area contributed by atoms with Gasteiger partial charge in [0.1, 0.15) is 0 Å². The van der Waals surface area contributed by atoms with Gasteiger partial charge in [0.05, 0.1) is 16.9 Å². The maximum absolute atomic E-state index is 12.4. The van der Waals surface area contributed by atoms with Crippen LogP contribution in [0.5, 0.6) is 0 Å². The number of primary sulfonamides is 1. The van der Waals surface area contributed by atoms with Crippen LogP contribution in [-0.4, -0.2) is 27.0 Å². The fourth-order valence-corrected chi connectivity index (χ4v) is 3.50. The van der Waals surface area contributed by atoms with E-state index >= 15 is 0 Å². The number of benzene rings is 1. The van der Waals surface area contributed by atoms with Crippen molar-refractivity contribution in [2.45, 2.75) is 50.7 Å². The summed E-state index contributed by atoms with van der Waals surface area (Å²) < 4.78 is 28.3. The molecule has 0 aromatic heterocycles. The summed E-state index contributed by atoms with van der Waals surface area (Å²) >= 11 is 0. The van der Waals surface area contributed by atoms with Gasteiger partial charge in [0.25, 0.3) is 0 Å². The molecule has 0 radical (unpaired) electrons. The SMILES string of the molecule is CCC1OCCCC1C(=O)NCc1ccc(S(N)(=O)=O)cc1C. The molecule has 7 heteroatoms. The lowest BCUT2D eigenvalue weighted by atomic mass is 9.91. The number of aryl methyl sites for hydroxylation is 1. The smallest absolute Gasteiger partial charge is 0.238 e. The molecule has 0 bridgehead atoms. The maximum atomic E-state index is 12.4. The first-order valence-corrected chi connectivity index (χ1v) is 9.39. The van der Waals surface area contributed by atoms with Gasteiger partial charge in [-0.3, -0.25) is 4.79 Å². The molecule has 1 amide bonds. The molecule has 1 aromatic carbocycles. The number of amides is 1. The number of sulfonamides is 1. The van der Waals surface area contributed by atoms with Crippen LogP contribution in [0.2, 0.25) is 0 Å².